The zero-order chi connectivity index (χ0) is 18.1. The molecule has 0 radical (unpaired) electrons. The first-order valence-corrected chi connectivity index (χ1v) is 8.74. The van der Waals surface area contributed by atoms with Crippen LogP contribution in [0.1, 0.15) is 6.42 Å². The Balaban J connectivity index is 1.44. The molecule has 2 heterocycles. The highest BCUT2D eigenvalue weighted by molar-refractivity contribution is 6.30. The van der Waals surface area contributed by atoms with Crippen LogP contribution in [0, 0.1) is 5.92 Å². The maximum atomic E-state index is 12.6. The summed E-state index contributed by atoms with van der Waals surface area (Å²) in [4.78, 5) is 26.5. The van der Waals surface area contributed by atoms with Crippen molar-refractivity contribution < 1.29 is 19.1 Å². The van der Waals surface area contributed by atoms with E-state index >= 15 is 0 Å². The van der Waals surface area contributed by atoms with Crippen molar-refractivity contribution >= 4 is 34.8 Å². The number of rotatable bonds is 3. The molecule has 0 spiro atoms. The van der Waals surface area contributed by atoms with Crippen molar-refractivity contribution in [2.75, 3.05) is 30.0 Å². The molecule has 0 saturated carbocycles. The van der Waals surface area contributed by atoms with Crippen molar-refractivity contribution in [3.05, 3.63) is 47.5 Å². The first kappa shape index (κ1) is 16.7. The molecule has 1 fully saturated rings. The second kappa shape index (κ2) is 6.88. The number of halogens is 1. The third-order valence-electron chi connectivity index (χ3n) is 4.44. The number of hydrogen-bond acceptors (Lipinski definition) is 4. The van der Waals surface area contributed by atoms with Crippen LogP contribution >= 0.6 is 11.6 Å². The van der Waals surface area contributed by atoms with E-state index in [4.69, 9.17) is 21.1 Å². The van der Waals surface area contributed by atoms with Crippen molar-refractivity contribution in [3.8, 4) is 11.5 Å². The summed E-state index contributed by atoms with van der Waals surface area (Å²) in [6, 6.07) is 12.3. The van der Waals surface area contributed by atoms with Crippen LogP contribution in [-0.2, 0) is 9.59 Å². The van der Waals surface area contributed by atoms with Gasteiger partial charge in [0.05, 0.1) is 5.92 Å². The molecule has 0 aromatic heterocycles. The van der Waals surface area contributed by atoms with E-state index in [0.717, 1.165) is 5.69 Å². The monoisotopic (exact) mass is 372 g/mol. The molecule has 134 valence electrons. The molecule has 2 aliphatic rings. The summed E-state index contributed by atoms with van der Waals surface area (Å²) in [7, 11) is 0. The van der Waals surface area contributed by atoms with E-state index in [9.17, 15) is 9.59 Å². The number of benzene rings is 2. The SMILES string of the molecule is O=C(Nc1ccc2c(c1)OCCO2)C1CC(=O)N(c2ccc(Cl)cc2)C1. The lowest BCUT2D eigenvalue weighted by Gasteiger charge is -2.19. The van der Waals surface area contributed by atoms with Crippen LogP contribution < -0.4 is 19.7 Å². The summed E-state index contributed by atoms with van der Waals surface area (Å²) in [6.45, 7) is 1.35. The minimum atomic E-state index is -0.411. The Morgan fingerprint density at radius 1 is 1.08 bits per heavy atom. The van der Waals surface area contributed by atoms with Crippen molar-refractivity contribution in [2.24, 2.45) is 5.92 Å². The number of nitrogens with one attached hydrogen (secondary N) is 1. The van der Waals surface area contributed by atoms with Crippen molar-refractivity contribution in [3.63, 3.8) is 0 Å². The van der Waals surface area contributed by atoms with Gasteiger partial charge in [0.2, 0.25) is 11.8 Å². The Kier molecular flexibility index (Phi) is 4.42. The second-order valence-corrected chi connectivity index (χ2v) is 6.67. The zero-order valence-electron chi connectivity index (χ0n) is 13.9. The molecule has 1 saturated heterocycles. The summed E-state index contributed by atoms with van der Waals surface area (Å²) in [5.41, 5.74) is 1.37. The fourth-order valence-electron chi connectivity index (χ4n) is 3.12. The van der Waals surface area contributed by atoms with E-state index in [0.29, 0.717) is 42.0 Å². The minimum absolute atomic E-state index is 0.0744. The number of hydrogen-bond donors (Lipinski definition) is 1. The van der Waals surface area contributed by atoms with Gasteiger partial charge in [-0.25, -0.2) is 0 Å². The number of amides is 2. The van der Waals surface area contributed by atoms with E-state index in [1.807, 2.05) is 0 Å². The Morgan fingerprint density at radius 3 is 2.58 bits per heavy atom. The van der Waals surface area contributed by atoms with E-state index in [2.05, 4.69) is 5.32 Å². The standard InChI is InChI=1S/C19H17ClN2O4/c20-13-1-4-15(5-2-13)22-11-12(9-18(22)23)19(24)21-14-3-6-16-17(10-14)26-8-7-25-16/h1-6,10,12H,7-9,11H2,(H,21,24). The number of nitrogens with zero attached hydrogens (tertiary/aromatic N) is 1. The normalized spacial score (nSPS) is 18.7. The zero-order valence-corrected chi connectivity index (χ0v) is 14.7. The maximum absolute atomic E-state index is 12.6. The first-order valence-electron chi connectivity index (χ1n) is 8.36. The highest BCUT2D eigenvalue weighted by atomic mass is 35.5. The quantitative estimate of drug-likeness (QED) is 0.899. The third-order valence-corrected chi connectivity index (χ3v) is 4.70. The molecule has 2 aliphatic heterocycles. The summed E-state index contributed by atoms with van der Waals surface area (Å²) in [5, 5.41) is 3.47. The largest absolute Gasteiger partial charge is 0.486 e. The molecular weight excluding hydrogens is 356 g/mol. The van der Waals surface area contributed by atoms with Crippen LogP contribution in [0.2, 0.25) is 5.02 Å². The molecule has 4 rings (SSSR count). The van der Waals surface area contributed by atoms with Gasteiger partial charge >= 0.3 is 0 Å². The lowest BCUT2D eigenvalue weighted by atomic mass is 10.1. The molecule has 26 heavy (non-hydrogen) atoms. The minimum Gasteiger partial charge on any atom is -0.486 e. The van der Waals surface area contributed by atoms with Crippen LogP contribution in [0.15, 0.2) is 42.5 Å². The van der Waals surface area contributed by atoms with Gasteiger partial charge in [-0.1, -0.05) is 11.6 Å². The molecule has 6 nitrogen and oxygen atoms in total. The van der Waals surface area contributed by atoms with Gasteiger partial charge < -0.3 is 19.7 Å². The molecule has 2 aromatic carbocycles. The molecular formula is C19H17ClN2O4. The molecule has 2 amide bonds. The van der Waals surface area contributed by atoms with Gasteiger partial charge in [-0.15, -0.1) is 0 Å². The first-order chi connectivity index (χ1) is 12.6. The molecule has 1 unspecified atom stereocenters. The summed E-state index contributed by atoms with van der Waals surface area (Å²) < 4.78 is 11.0. The Labute approximate surface area is 155 Å². The molecule has 1 N–H and O–H groups in total. The van der Waals surface area contributed by atoms with Crippen molar-refractivity contribution in [1.82, 2.24) is 0 Å². The fourth-order valence-corrected chi connectivity index (χ4v) is 3.25. The molecule has 0 bridgehead atoms. The van der Waals surface area contributed by atoms with Crippen molar-refractivity contribution in [1.29, 1.82) is 0 Å². The van der Waals surface area contributed by atoms with E-state index in [-0.39, 0.29) is 18.2 Å². The van der Waals surface area contributed by atoms with E-state index in [1.165, 1.54) is 0 Å². The summed E-state index contributed by atoms with van der Waals surface area (Å²) in [5.74, 6) is 0.603. The van der Waals surface area contributed by atoms with Gasteiger partial charge in [-0.3, -0.25) is 9.59 Å². The van der Waals surface area contributed by atoms with Gasteiger partial charge in [-0.05, 0) is 36.4 Å². The predicted molar refractivity (Wildman–Crippen MR) is 98.0 cm³/mol. The average molecular weight is 373 g/mol. The highest BCUT2D eigenvalue weighted by Crippen LogP contribution is 2.33. The maximum Gasteiger partial charge on any atom is 0.229 e. The number of carbonyl (C=O) groups excluding carboxylic acids is 2. The van der Waals surface area contributed by atoms with Gasteiger partial charge in [0, 0.05) is 35.4 Å². The molecule has 0 aliphatic carbocycles. The molecule has 1 atom stereocenters. The van der Waals surface area contributed by atoms with Crippen LogP contribution in [0.25, 0.3) is 0 Å². The summed E-state index contributed by atoms with van der Waals surface area (Å²) in [6.07, 6.45) is 0.180. The van der Waals surface area contributed by atoms with Crippen LogP contribution in [0.3, 0.4) is 0 Å². The molecule has 2 aromatic rings. The van der Waals surface area contributed by atoms with Crippen LogP contribution in [0.4, 0.5) is 11.4 Å². The van der Waals surface area contributed by atoms with Gasteiger partial charge in [0.15, 0.2) is 11.5 Å². The topological polar surface area (TPSA) is 67.9 Å². The van der Waals surface area contributed by atoms with Crippen molar-refractivity contribution in [2.45, 2.75) is 6.42 Å². The fraction of sp³-hybridized carbons (Fsp3) is 0.263. The molecule has 7 heteroatoms. The predicted octanol–water partition coefficient (Wildman–Crippen LogP) is 3.10. The highest BCUT2D eigenvalue weighted by Gasteiger charge is 2.35. The third kappa shape index (κ3) is 3.32. The lowest BCUT2D eigenvalue weighted by Crippen LogP contribution is -2.28. The lowest BCUT2D eigenvalue weighted by molar-refractivity contribution is -0.122. The average Bonchev–Trinajstić information content (AvgIpc) is 3.04. The van der Waals surface area contributed by atoms with Crippen LogP contribution in [-0.4, -0.2) is 31.6 Å². The summed E-state index contributed by atoms with van der Waals surface area (Å²) >= 11 is 5.89. The Morgan fingerprint density at radius 2 is 1.81 bits per heavy atom. The number of anilines is 2. The smallest absolute Gasteiger partial charge is 0.229 e. The van der Waals surface area contributed by atoms with Crippen LogP contribution in [0.5, 0.6) is 11.5 Å². The van der Waals surface area contributed by atoms with Gasteiger partial charge in [0.1, 0.15) is 13.2 Å². The second-order valence-electron chi connectivity index (χ2n) is 6.23. The van der Waals surface area contributed by atoms with Gasteiger partial charge in [0.25, 0.3) is 0 Å². The van der Waals surface area contributed by atoms with E-state index in [1.54, 1.807) is 47.4 Å². The Bertz CT molecular complexity index is 853. The van der Waals surface area contributed by atoms with E-state index < -0.39 is 5.92 Å². The number of ether oxygens (including phenoxy) is 2. The van der Waals surface area contributed by atoms with Gasteiger partial charge in [-0.2, -0.15) is 0 Å². The Hall–Kier alpha value is -2.73. The number of fused-ring (bicyclic) bond motifs is 1. The number of carbonyl (C=O) groups is 2.